The van der Waals surface area contributed by atoms with Crippen molar-refractivity contribution in [3.05, 3.63) is 54.6 Å². The van der Waals surface area contributed by atoms with Crippen LogP contribution < -0.4 is 10.6 Å². The lowest BCUT2D eigenvalue weighted by Crippen LogP contribution is -2.16. The molecule has 0 aliphatic carbocycles. The minimum Gasteiger partial charge on any atom is -0.382 e. The third kappa shape index (κ3) is 2.85. The number of hydrogen-bond donors (Lipinski definition) is 1. The monoisotopic (exact) mass is 297 g/mol. The van der Waals surface area contributed by atoms with Gasteiger partial charge in [0, 0.05) is 38.4 Å². The average Bonchev–Trinajstić information content (AvgIpc) is 2.91. The third-order valence-corrected chi connectivity index (χ3v) is 4.14. The van der Waals surface area contributed by atoms with E-state index in [2.05, 4.69) is 25.3 Å². The van der Waals surface area contributed by atoms with E-state index in [0.29, 0.717) is 5.82 Å². The highest BCUT2D eigenvalue weighted by Gasteiger charge is 2.17. The zero-order chi connectivity index (χ0) is 14.7. The summed E-state index contributed by atoms with van der Waals surface area (Å²) in [6.07, 6.45) is 7.16. The molecule has 3 rings (SSSR count). The van der Waals surface area contributed by atoms with Crippen LogP contribution in [-0.4, -0.2) is 21.4 Å². The molecule has 0 amide bonds. The molecular formula is C15H15N5S. The Kier molecular flexibility index (Phi) is 3.79. The van der Waals surface area contributed by atoms with Gasteiger partial charge in [0.05, 0.1) is 5.56 Å². The quantitative estimate of drug-likeness (QED) is 0.802. The van der Waals surface area contributed by atoms with Crippen LogP contribution >= 0.6 is 11.5 Å². The summed E-state index contributed by atoms with van der Waals surface area (Å²) in [7, 11) is 2.03. The Morgan fingerprint density at radius 1 is 1.14 bits per heavy atom. The number of hydrogen-bond acceptors (Lipinski definition) is 6. The molecule has 0 aromatic carbocycles. The molecule has 0 radical (unpaired) electrons. The molecule has 0 unspecified atom stereocenters. The molecule has 0 saturated heterocycles. The number of anilines is 2. The van der Waals surface area contributed by atoms with Crippen molar-refractivity contribution in [2.45, 2.75) is 6.54 Å². The zero-order valence-corrected chi connectivity index (χ0v) is 12.4. The zero-order valence-electron chi connectivity index (χ0n) is 11.6. The topological polar surface area (TPSA) is 67.9 Å². The van der Waals surface area contributed by atoms with Gasteiger partial charge in [-0.25, -0.2) is 0 Å². The van der Waals surface area contributed by atoms with Gasteiger partial charge in [0.25, 0.3) is 0 Å². The molecule has 0 bridgehead atoms. The second-order valence-electron chi connectivity index (χ2n) is 4.70. The van der Waals surface area contributed by atoms with Crippen LogP contribution in [-0.2, 0) is 6.54 Å². The number of pyridine rings is 2. The summed E-state index contributed by atoms with van der Waals surface area (Å²) in [5.74, 6) is 0.555. The normalized spacial score (nSPS) is 10.5. The van der Waals surface area contributed by atoms with E-state index in [4.69, 9.17) is 5.73 Å². The van der Waals surface area contributed by atoms with Crippen LogP contribution in [0.15, 0.2) is 49.1 Å². The fourth-order valence-electron chi connectivity index (χ4n) is 2.18. The molecule has 3 aromatic heterocycles. The molecule has 0 saturated carbocycles. The van der Waals surface area contributed by atoms with Gasteiger partial charge in [0.2, 0.25) is 0 Å². The summed E-state index contributed by atoms with van der Waals surface area (Å²) in [5.41, 5.74) is 9.19. The van der Waals surface area contributed by atoms with Gasteiger partial charge in [-0.15, -0.1) is 0 Å². The van der Waals surface area contributed by atoms with E-state index in [1.165, 1.54) is 11.5 Å². The molecule has 6 heteroatoms. The second-order valence-corrected chi connectivity index (χ2v) is 5.45. The second kappa shape index (κ2) is 5.88. The van der Waals surface area contributed by atoms with E-state index in [-0.39, 0.29) is 0 Å². The largest absolute Gasteiger partial charge is 0.382 e. The average molecular weight is 297 g/mol. The van der Waals surface area contributed by atoms with Gasteiger partial charge in [-0.3, -0.25) is 9.97 Å². The minimum absolute atomic E-state index is 0.555. The first kappa shape index (κ1) is 13.5. The Hall–Kier alpha value is -2.47. The Balaban J connectivity index is 1.93. The van der Waals surface area contributed by atoms with Crippen molar-refractivity contribution < 1.29 is 0 Å². The van der Waals surface area contributed by atoms with Crippen LogP contribution in [0.2, 0.25) is 0 Å². The van der Waals surface area contributed by atoms with E-state index < -0.39 is 0 Å². The van der Waals surface area contributed by atoms with Crippen molar-refractivity contribution in [2.24, 2.45) is 0 Å². The summed E-state index contributed by atoms with van der Waals surface area (Å²) in [6, 6.07) is 7.89. The summed E-state index contributed by atoms with van der Waals surface area (Å²) >= 11 is 1.41. The van der Waals surface area contributed by atoms with Gasteiger partial charge in [0.1, 0.15) is 10.8 Å². The van der Waals surface area contributed by atoms with Gasteiger partial charge >= 0.3 is 0 Å². The molecule has 0 fully saturated rings. The van der Waals surface area contributed by atoms with Crippen LogP contribution in [0.1, 0.15) is 5.56 Å². The molecule has 0 aliphatic rings. The highest BCUT2D eigenvalue weighted by Crippen LogP contribution is 2.38. The maximum atomic E-state index is 6.04. The van der Waals surface area contributed by atoms with Gasteiger partial charge in [-0.1, -0.05) is 6.07 Å². The molecule has 2 N–H and O–H groups in total. The predicted octanol–water partition coefficient (Wildman–Crippen LogP) is 2.82. The maximum absolute atomic E-state index is 6.04. The van der Waals surface area contributed by atoms with Crippen LogP contribution in [0.5, 0.6) is 0 Å². The van der Waals surface area contributed by atoms with E-state index in [1.54, 1.807) is 18.6 Å². The molecule has 21 heavy (non-hydrogen) atoms. The van der Waals surface area contributed by atoms with Gasteiger partial charge < -0.3 is 10.6 Å². The van der Waals surface area contributed by atoms with Crippen LogP contribution in [0, 0.1) is 0 Å². The van der Waals surface area contributed by atoms with E-state index >= 15 is 0 Å². The standard InChI is InChI=1S/C15H15N5S/c1-20(10-11-3-2-6-18-9-11)15-13(14(16)19-21-15)12-4-7-17-8-5-12/h2-9H,10H2,1H3,(H2,16,19). The van der Waals surface area contributed by atoms with Crippen molar-refractivity contribution in [2.75, 3.05) is 17.7 Å². The number of rotatable bonds is 4. The first-order chi connectivity index (χ1) is 10.3. The number of nitrogen functional groups attached to an aromatic ring is 1. The lowest BCUT2D eigenvalue weighted by molar-refractivity contribution is 0.927. The molecule has 3 aromatic rings. The Morgan fingerprint density at radius 2 is 1.95 bits per heavy atom. The molecule has 106 valence electrons. The minimum atomic E-state index is 0.555. The van der Waals surface area contributed by atoms with Crippen LogP contribution in [0.4, 0.5) is 10.8 Å². The summed E-state index contributed by atoms with van der Waals surface area (Å²) < 4.78 is 4.30. The maximum Gasteiger partial charge on any atom is 0.147 e. The van der Waals surface area contributed by atoms with Crippen molar-refractivity contribution >= 4 is 22.4 Å². The Labute approximate surface area is 127 Å². The Morgan fingerprint density at radius 3 is 2.67 bits per heavy atom. The fourth-order valence-corrected chi connectivity index (χ4v) is 2.97. The Bertz CT molecular complexity index is 711. The number of nitrogens with zero attached hydrogens (tertiary/aromatic N) is 4. The molecule has 0 aliphatic heterocycles. The smallest absolute Gasteiger partial charge is 0.147 e. The first-order valence-electron chi connectivity index (χ1n) is 6.51. The third-order valence-electron chi connectivity index (χ3n) is 3.16. The molecule has 0 atom stereocenters. The molecule has 0 spiro atoms. The molecule has 3 heterocycles. The summed E-state index contributed by atoms with van der Waals surface area (Å²) in [6.45, 7) is 0.757. The predicted molar refractivity (Wildman–Crippen MR) is 86.1 cm³/mol. The van der Waals surface area contributed by atoms with E-state index in [9.17, 15) is 0 Å². The lowest BCUT2D eigenvalue weighted by atomic mass is 10.1. The number of aromatic nitrogens is 3. The van der Waals surface area contributed by atoms with E-state index in [0.717, 1.165) is 28.2 Å². The van der Waals surface area contributed by atoms with Gasteiger partial charge in [-0.2, -0.15) is 4.37 Å². The van der Waals surface area contributed by atoms with Crippen molar-refractivity contribution in [1.82, 2.24) is 14.3 Å². The highest BCUT2D eigenvalue weighted by atomic mass is 32.1. The van der Waals surface area contributed by atoms with Crippen molar-refractivity contribution in [1.29, 1.82) is 0 Å². The first-order valence-corrected chi connectivity index (χ1v) is 7.28. The SMILES string of the molecule is CN(Cc1cccnc1)c1snc(N)c1-c1ccncc1. The summed E-state index contributed by atoms with van der Waals surface area (Å²) in [4.78, 5) is 10.3. The van der Waals surface area contributed by atoms with Crippen LogP contribution in [0.3, 0.4) is 0 Å². The highest BCUT2D eigenvalue weighted by molar-refractivity contribution is 7.11. The van der Waals surface area contributed by atoms with Crippen molar-refractivity contribution in [3.63, 3.8) is 0 Å². The summed E-state index contributed by atoms with van der Waals surface area (Å²) in [5, 5.41) is 1.04. The molecular weight excluding hydrogens is 282 g/mol. The van der Waals surface area contributed by atoms with Crippen molar-refractivity contribution in [3.8, 4) is 11.1 Å². The number of nitrogens with two attached hydrogens (primary N) is 1. The van der Waals surface area contributed by atoms with Crippen LogP contribution in [0.25, 0.3) is 11.1 Å². The van der Waals surface area contributed by atoms with Gasteiger partial charge in [0.15, 0.2) is 0 Å². The van der Waals surface area contributed by atoms with Gasteiger partial charge in [-0.05, 0) is 40.9 Å². The fraction of sp³-hybridized carbons (Fsp3) is 0.133. The lowest BCUT2D eigenvalue weighted by Gasteiger charge is -2.18. The van der Waals surface area contributed by atoms with E-state index in [1.807, 2.05) is 31.4 Å². The molecule has 5 nitrogen and oxygen atoms in total.